The third-order valence-corrected chi connectivity index (χ3v) is 5.34. The van der Waals surface area contributed by atoms with Crippen molar-refractivity contribution in [3.8, 4) is 5.75 Å². The Balaban J connectivity index is 1.51. The molecule has 6 N–H and O–H groups in total. The van der Waals surface area contributed by atoms with E-state index in [1.807, 2.05) is 0 Å². The van der Waals surface area contributed by atoms with E-state index in [2.05, 4.69) is 10.3 Å². The molecule has 1 heterocycles. The van der Waals surface area contributed by atoms with Gasteiger partial charge in [0.15, 0.2) is 5.69 Å². The van der Waals surface area contributed by atoms with Gasteiger partial charge < -0.3 is 20.6 Å². The molecule has 158 valence electrons. The van der Waals surface area contributed by atoms with Crippen LogP contribution in [0.5, 0.6) is 5.75 Å². The van der Waals surface area contributed by atoms with Crippen LogP contribution in [0, 0.1) is 0 Å². The first kappa shape index (κ1) is 21.5. The maximum absolute atomic E-state index is 12.3. The number of rotatable bonds is 8. The van der Waals surface area contributed by atoms with E-state index in [9.17, 15) is 18.3 Å². The number of primary sulfonamides is 1. The molecule has 3 aromatic rings. The highest BCUT2D eigenvalue weighted by Crippen LogP contribution is 2.18. The summed E-state index contributed by atoms with van der Waals surface area (Å²) < 4.78 is 27.9. The molecule has 0 bridgehead atoms. The average molecular weight is 430 g/mol. The third-order valence-electron chi connectivity index (χ3n) is 4.41. The Morgan fingerprint density at radius 1 is 1.10 bits per heavy atom. The monoisotopic (exact) mass is 430 g/mol. The third kappa shape index (κ3) is 5.66. The summed E-state index contributed by atoms with van der Waals surface area (Å²) in [7, 11) is -3.73. The van der Waals surface area contributed by atoms with E-state index in [0.717, 1.165) is 11.1 Å². The quantitative estimate of drug-likeness (QED) is 0.418. The van der Waals surface area contributed by atoms with Crippen molar-refractivity contribution in [1.29, 1.82) is 0 Å². The van der Waals surface area contributed by atoms with Crippen LogP contribution in [0.15, 0.2) is 64.1 Å². The number of sulfonamides is 1. The summed E-state index contributed by atoms with van der Waals surface area (Å²) in [6, 6.07) is 12.2. The molecule has 0 aliphatic carbocycles. The SMILES string of the molecule is NC(Cc1ccc(O)cc1)c1nc(C(=O)NCCc2ccc(S(N)(=O)=O)cc2)co1. The number of benzene rings is 2. The highest BCUT2D eigenvalue weighted by Gasteiger charge is 2.17. The molecule has 0 aliphatic heterocycles. The first-order chi connectivity index (χ1) is 14.2. The van der Waals surface area contributed by atoms with E-state index in [4.69, 9.17) is 15.3 Å². The minimum Gasteiger partial charge on any atom is -0.508 e. The second-order valence-corrected chi connectivity index (χ2v) is 8.30. The topological polar surface area (TPSA) is 162 Å². The molecule has 9 nitrogen and oxygen atoms in total. The maximum Gasteiger partial charge on any atom is 0.273 e. The van der Waals surface area contributed by atoms with E-state index < -0.39 is 22.0 Å². The zero-order chi connectivity index (χ0) is 21.7. The number of oxazole rings is 1. The van der Waals surface area contributed by atoms with Gasteiger partial charge in [0.05, 0.1) is 10.9 Å². The Hall–Kier alpha value is -3.21. The number of aromatic nitrogens is 1. The molecule has 1 unspecified atom stereocenters. The first-order valence-corrected chi connectivity index (χ1v) is 10.7. The zero-order valence-electron chi connectivity index (χ0n) is 16.0. The van der Waals surface area contributed by atoms with Crippen molar-refractivity contribution in [2.24, 2.45) is 10.9 Å². The Bertz CT molecular complexity index is 1110. The molecular weight excluding hydrogens is 408 g/mol. The van der Waals surface area contributed by atoms with Crippen LogP contribution in [0.4, 0.5) is 0 Å². The van der Waals surface area contributed by atoms with Crippen molar-refractivity contribution < 1.29 is 22.7 Å². The highest BCUT2D eigenvalue weighted by molar-refractivity contribution is 7.89. The first-order valence-electron chi connectivity index (χ1n) is 9.11. The number of hydrogen-bond donors (Lipinski definition) is 4. The molecule has 2 aromatic carbocycles. The van der Waals surface area contributed by atoms with Crippen molar-refractivity contribution >= 4 is 15.9 Å². The van der Waals surface area contributed by atoms with Gasteiger partial charge in [-0.15, -0.1) is 0 Å². The largest absolute Gasteiger partial charge is 0.508 e. The van der Waals surface area contributed by atoms with Gasteiger partial charge in [-0.3, -0.25) is 4.79 Å². The molecule has 0 radical (unpaired) electrons. The van der Waals surface area contributed by atoms with Gasteiger partial charge in [0, 0.05) is 6.54 Å². The predicted molar refractivity (Wildman–Crippen MR) is 109 cm³/mol. The number of hydrogen-bond acceptors (Lipinski definition) is 7. The summed E-state index contributed by atoms with van der Waals surface area (Å²) in [5.41, 5.74) is 7.96. The lowest BCUT2D eigenvalue weighted by Gasteiger charge is -2.07. The summed E-state index contributed by atoms with van der Waals surface area (Å²) >= 11 is 0. The van der Waals surface area contributed by atoms with Gasteiger partial charge in [-0.2, -0.15) is 0 Å². The van der Waals surface area contributed by atoms with Crippen LogP contribution >= 0.6 is 0 Å². The normalized spacial score (nSPS) is 12.5. The number of aromatic hydroxyl groups is 1. The van der Waals surface area contributed by atoms with Crippen LogP contribution in [0.2, 0.25) is 0 Å². The van der Waals surface area contributed by atoms with Crippen molar-refractivity contribution in [2.45, 2.75) is 23.8 Å². The Morgan fingerprint density at radius 3 is 2.37 bits per heavy atom. The van der Waals surface area contributed by atoms with Crippen molar-refractivity contribution in [1.82, 2.24) is 10.3 Å². The lowest BCUT2D eigenvalue weighted by molar-refractivity contribution is 0.0949. The summed E-state index contributed by atoms with van der Waals surface area (Å²) in [6.07, 6.45) is 2.19. The highest BCUT2D eigenvalue weighted by atomic mass is 32.2. The fourth-order valence-electron chi connectivity index (χ4n) is 2.79. The number of carbonyl (C=O) groups is 1. The molecule has 3 rings (SSSR count). The Labute approximate surface area is 173 Å². The molecule has 1 atom stereocenters. The minimum absolute atomic E-state index is 0.0362. The van der Waals surface area contributed by atoms with Crippen molar-refractivity contribution in [3.05, 3.63) is 77.5 Å². The van der Waals surface area contributed by atoms with Gasteiger partial charge in [-0.25, -0.2) is 18.5 Å². The molecule has 30 heavy (non-hydrogen) atoms. The number of nitrogens with one attached hydrogen (secondary N) is 1. The lowest BCUT2D eigenvalue weighted by atomic mass is 10.1. The van der Waals surface area contributed by atoms with Gasteiger partial charge in [-0.1, -0.05) is 24.3 Å². The molecule has 0 fully saturated rings. The van der Waals surface area contributed by atoms with E-state index in [1.54, 1.807) is 36.4 Å². The standard InChI is InChI=1S/C20H22N4O5S/c21-17(11-14-1-5-15(25)6-2-14)20-24-18(12-29-20)19(26)23-10-9-13-3-7-16(8-4-13)30(22,27)28/h1-8,12,17,25H,9-11,21H2,(H,23,26)(H2,22,27,28). The molecule has 1 aromatic heterocycles. The van der Waals surface area contributed by atoms with Crippen molar-refractivity contribution in [3.63, 3.8) is 0 Å². The van der Waals surface area contributed by atoms with Gasteiger partial charge >= 0.3 is 0 Å². The van der Waals surface area contributed by atoms with Gasteiger partial charge in [-0.05, 0) is 48.2 Å². The van der Waals surface area contributed by atoms with Crippen LogP contribution in [0.25, 0.3) is 0 Å². The average Bonchev–Trinajstić information content (AvgIpc) is 3.20. The number of amides is 1. The number of nitrogens with two attached hydrogens (primary N) is 2. The fraction of sp³-hybridized carbons (Fsp3) is 0.200. The Morgan fingerprint density at radius 2 is 1.73 bits per heavy atom. The number of carbonyl (C=O) groups excluding carboxylic acids is 1. The van der Waals surface area contributed by atoms with E-state index >= 15 is 0 Å². The summed E-state index contributed by atoms with van der Waals surface area (Å²) in [6.45, 7) is 0.329. The zero-order valence-corrected chi connectivity index (χ0v) is 16.8. The molecule has 10 heteroatoms. The van der Waals surface area contributed by atoms with Gasteiger partial charge in [0.25, 0.3) is 5.91 Å². The smallest absolute Gasteiger partial charge is 0.273 e. The van der Waals surface area contributed by atoms with Crippen LogP contribution in [-0.2, 0) is 22.9 Å². The molecule has 1 amide bonds. The molecule has 0 saturated heterocycles. The van der Waals surface area contributed by atoms with E-state index in [1.165, 1.54) is 18.4 Å². The van der Waals surface area contributed by atoms with Crippen molar-refractivity contribution in [2.75, 3.05) is 6.54 Å². The van der Waals surface area contributed by atoms with Gasteiger partial charge in [0.1, 0.15) is 12.0 Å². The van der Waals surface area contributed by atoms with Crippen LogP contribution < -0.4 is 16.2 Å². The predicted octanol–water partition coefficient (Wildman–Crippen LogP) is 1.24. The van der Waals surface area contributed by atoms with E-state index in [0.29, 0.717) is 19.4 Å². The second-order valence-electron chi connectivity index (χ2n) is 6.74. The van der Waals surface area contributed by atoms with E-state index in [-0.39, 0.29) is 22.2 Å². The van der Waals surface area contributed by atoms with Crippen LogP contribution in [0.3, 0.4) is 0 Å². The number of phenols is 1. The number of phenolic OH excluding ortho intramolecular Hbond substituents is 1. The summed E-state index contributed by atoms with van der Waals surface area (Å²) in [5.74, 6) is 0.0116. The molecule has 0 aliphatic rings. The molecule has 0 saturated carbocycles. The van der Waals surface area contributed by atoms with Crippen LogP contribution in [0.1, 0.15) is 33.5 Å². The molecular formula is C20H22N4O5S. The molecule has 0 spiro atoms. The van der Waals surface area contributed by atoms with Crippen LogP contribution in [-0.4, -0.2) is 31.0 Å². The second kappa shape index (κ2) is 9.08. The summed E-state index contributed by atoms with van der Waals surface area (Å²) in [4.78, 5) is 16.4. The Kier molecular flexibility index (Phi) is 6.50. The number of nitrogens with zero attached hydrogens (tertiary/aromatic N) is 1. The fourth-order valence-corrected chi connectivity index (χ4v) is 3.31. The lowest BCUT2D eigenvalue weighted by Crippen LogP contribution is -2.26. The minimum atomic E-state index is -3.73. The van der Waals surface area contributed by atoms with Gasteiger partial charge in [0.2, 0.25) is 15.9 Å². The summed E-state index contributed by atoms with van der Waals surface area (Å²) in [5, 5.41) is 17.1. The maximum atomic E-state index is 12.3.